The molecule has 0 unspecified atom stereocenters. The lowest BCUT2D eigenvalue weighted by Gasteiger charge is -2.12. The van der Waals surface area contributed by atoms with Gasteiger partial charge in [0.25, 0.3) is 0 Å². The van der Waals surface area contributed by atoms with Gasteiger partial charge in [-0.2, -0.15) is 0 Å². The Morgan fingerprint density at radius 1 is 0.724 bits per heavy atom. The highest BCUT2D eigenvalue weighted by Gasteiger charge is 2.19. The minimum atomic E-state index is 0.212. The lowest BCUT2D eigenvalue weighted by molar-refractivity contribution is 0.173. The Balaban J connectivity index is 1.59. The number of anilines is 1. The van der Waals surface area contributed by atoms with Crippen molar-refractivity contribution in [3.05, 3.63) is 48.8 Å². The number of nitrogen functional groups attached to an aromatic ring is 1. The van der Waals surface area contributed by atoms with E-state index in [4.69, 9.17) is 29.7 Å². The fourth-order valence-corrected chi connectivity index (χ4v) is 3.58. The molecule has 0 saturated carbocycles. The fraction of sp³-hybridized carbons (Fsp3) is 0.0952. The van der Waals surface area contributed by atoms with E-state index in [2.05, 4.69) is 9.97 Å². The zero-order valence-electron chi connectivity index (χ0n) is 15.1. The van der Waals surface area contributed by atoms with Crippen molar-refractivity contribution >= 4 is 16.9 Å². The maximum absolute atomic E-state index is 6.19. The van der Waals surface area contributed by atoms with Gasteiger partial charge in [-0.1, -0.05) is 6.07 Å². The molecule has 0 atom stereocenters. The first-order valence-electron chi connectivity index (χ1n) is 8.97. The van der Waals surface area contributed by atoms with Gasteiger partial charge >= 0.3 is 0 Å². The number of ether oxygens (including phenoxy) is 4. The molecule has 142 valence electrons. The summed E-state index contributed by atoms with van der Waals surface area (Å²) < 4.78 is 21.9. The van der Waals surface area contributed by atoms with Crippen LogP contribution in [0.25, 0.3) is 33.4 Å². The van der Waals surface area contributed by atoms with Crippen LogP contribution in [0.1, 0.15) is 0 Å². The van der Waals surface area contributed by atoms with Crippen LogP contribution in [0.3, 0.4) is 0 Å². The molecule has 0 spiro atoms. The topological polar surface area (TPSA) is 102 Å². The molecule has 2 aromatic carbocycles. The molecule has 0 fully saturated rings. The molecular weight excluding hydrogens is 372 g/mol. The van der Waals surface area contributed by atoms with Crippen LogP contribution in [0, 0.1) is 0 Å². The van der Waals surface area contributed by atoms with Crippen LogP contribution >= 0.6 is 0 Å². The molecule has 4 aromatic rings. The zero-order valence-corrected chi connectivity index (χ0v) is 15.1. The number of hydrogen-bond donors (Lipinski definition) is 1. The molecule has 2 N–H and O–H groups in total. The van der Waals surface area contributed by atoms with Crippen LogP contribution in [0.2, 0.25) is 0 Å². The van der Waals surface area contributed by atoms with E-state index in [1.165, 1.54) is 6.33 Å². The van der Waals surface area contributed by atoms with Crippen LogP contribution in [-0.2, 0) is 0 Å². The molecule has 2 aliphatic heterocycles. The first kappa shape index (κ1) is 15.9. The highest BCUT2D eigenvalue weighted by Crippen LogP contribution is 2.41. The van der Waals surface area contributed by atoms with Crippen molar-refractivity contribution < 1.29 is 18.9 Å². The Bertz CT molecular complexity index is 1290. The molecule has 0 amide bonds. The Kier molecular flexibility index (Phi) is 3.28. The van der Waals surface area contributed by atoms with Gasteiger partial charge in [0.1, 0.15) is 12.1 Å². The number of pyridine rings is 1. The number of fused-ring (bicyclic) bond motifs is 3. The van der Waals surface area contributed by atoms with E-state index in [0.29, 0.717) is 34.1 Å². The zero-order chi connectivity index (χ0) is 19.4. The van der Waals surface area contributed by atoms with Gasteiger partial charge in [0.2, 0.25) is 13.6 Å². The highest BCUT2D eigenvalue weighted by molar-refractivity contribution is 6.01. The van der Waals surface area contributed by atoms with Crippen LogP contribution in [0.5, 0.6) is 23.0 Å². The molecule has 29 heavy (non-hydrogen) atoms. The molecule has 2 aliphatic rings. The predicted molar refractivity (Wildman–Crippen MR) is 105 cm³/mol. The van der Waals surface area contributed by atoms with Crippen LogP contribution in [0.15, 0.2) is 48.8 Å². The number of aromatic nitrogens is 3. The second-order valence-corrected chi connectivity index (χ2v) is 6.65. The van der Waals surface area contributed by atoms with Gasteiger partial charge in [0.05, 0.1) is 11.1 Å². The van der Waals surface area contributed by atoms with Gasteiger partial charge in [-0.25, -0.2) is 15.0 Å². The van der Waals surface area contributed by atoms with Gasteiger partial charge in [-0.3, -0.25) is 0 Å². The molecule has 0 aliphatic carbocycles. The van der Waals surface area contributed by atoms with Gasteiger partial charge in [0.15, 0.2) is 28.6 Å². The van der Waals surface area contributed by atoms with Crippen molar-refractivity contribution in [3.8, 4) is 45.4 Å². The van der Waals surface area contributed by atoms with E-state index < -0.39 is 0 Å². The van der Waals surface area contributed by atoms with Crippen molar-refractivity contribution in [1.29, 1.82) is 0 Å². The largest absolute Gasteiger partial charge is 0.454 e. The average molecular weight is 386 g/mol. The van der Waals surface area contributed by atoms with E-state index in [-0.39, 0.29) is 13.6 Å². The summed E-state index contributed by atoms with van der Waals surface area (Å²) in [5.74, 6) is 3.18. The first-order chi connectivity index (χ1) is 14.3. The highest BCUT2D eigenvalue weighted by atomic mass is 16.7. The van der Waals surface area contributed by atoms with Crippen molar-refractivity contribution in [3.63, 3.8) is 0 Å². The number of benzene rings is 2. The summed E-state index contributed by atoms with van der Waals surface area (Å²) in [7, 11) is 0. The molecule has 0 saturated heterocycles. The Hall–Kier alpha value is -4.07. The lowest BCUT2D eigenvalue weighted by Crippen LogP contribution is -1.98. The van der Waals surface area contributed by atoms with E-state index in [1.807, 2.05) is 42.5 Å². The number of hydrogen-bond acceptors (Lipinski definition) is 8. The smallest absolute Gasteiger partial charge is 0.231 e. The van der Waals surface area contributed by atoms with Crippen LogP contribution in [-0.4, -0.2) is 28.5 Å². The molecule has 2 aromatic heterocycles. The minimum absolute atomic E-state index is 0.212. The lowest BCUT2D eigenvalue weighted by atomic mass is 9.99. The molecule has 6 rings (SSSR count). The molecule has 8 nitrogen and oxygen atoms in total. The number of nitrogens with zero attached hydrogens (tertiary/aromatic N) is 3. The van der Waals surface area contributed by atoms with Gasteiger partial charge < -0.3 is 24.7 Å². The van der Waals surface area contributed by atoms with Crippen LogP contribution < -0.4 is 24.7 Å². The quantitative estimate of drug-likeness (QED) is 0.559. The average Bonchev–Trinajstić information content (AvgIpc) is 3.41. The van der Waals surface area contributed by atoms with E-state index in [9.17, 15) is 0 Å². The predicted octanol–water partition coefficient (Wildman–Crippen LogP) is 3.40. The first-order valence-corrected chi connectivity index (χ1v) is 8.97. The van der Waals surface area contributed by atoms with Crippen LogP contribution in [0.4, 0.5) is 5.82 Å². The van der Waals surface area contributed by atoms with E-state index in [0.717, 1.165) is 28.1 Å². The SMILES string of the molecule is Nc1ncnc2nc(-c3ccc4c(c3)OCO4)cc(-c3ccc4c(c3)OCO4)c12. The summed E-state index contributed by atoms with van der Waals surface area (Å²) in [4.78, 5) is 13.2. The second kappa shape index (κ2) is 5.96. The molecule has 8 heteroatoms. The summed E-state index contributed by atoms with van der Waals surface area (Å²) in [6.45, 7) is 0.430. The third kappa shape index (κ3) is 2.49. The summed E-state index contributed by atoms with van der Waals surface area (Å²) >= 11 is 0. The van der Waals surface area contributed by atoms with E-state index in [1.54, 1.807) is 0 Å². The fourth-order valence-electron chi connectivity index (χ4n) is 3.58. The van der Waals surface area contributed by atoms with Crippen molar-refractivity contribution in [1.82, 2.24) is 15.0 Å². The Morgan fingerprint density at radius 3 is 2.14 bits per heavy atom. The number of nitrogens with two attached hydrogens (primary N) is 1. The molecule has 0 bridgehead atoms. The summed E-state index contributed by atoms with van der Waals surface area (Å²) in [6, 6.07) is 13.4. The normalized spacial score (nSPS) is 13.8. The number of rotatable bonds is 2. The van der Waals surface area contributed by atoms with Gasteiger partial charge in [-0.05, 0) is 47.5 Å². The summed E-state index contributed by atoms with van der Waals surface area (Å²) in [5.41, 5.74) is 10.1. The Labute approximate surface area is 164 Å². The van der Waals surface area contributed by atoms with Crippen molar-refractivity contribution in [2.24, 2.45) is 0 Å². The molecular formula is C21H14N4O4. The monoisotopic (exact) mass is 386 g/mol. The van der Waals surface area contributed by atoms with Crippen molar-refractivity contribution in [2.75, 3.05) is 19.3 Å². The van der Waals surface area contributed by atoms with Gasteiger partial charge in [0, 0.05) is 5.56 Å². The standard InChI is InChI=1S/C21H14N4O4/c22-20-19-13(11-1-3-15-17(5-11)28-9-26-15)7-14(25-21(19)24-8-23-20)12-2-4-16-18(6-12)29-10-27-16/h1-8H,9-10H2,(H2,22,23,24,25). The second-order valence-electron chi connectivity index (χ2n) is 6.65. The maximum Gasteiger partial charge on any atom is 0.231 e. The Morgan fingerprint density at radius 2 is 1.38 bits per heavy atom. The molecule has 4 heterocycles. The third-order valence-corrected chi connectivity index (χ3v) is 4.99. The minimum Gasteiger partial charge on any atom is -0.454 e. The van der Waals surface area contributed by atoms with E-state index >= 15 is 0 Å². The molecule has 0 radical (unpaired) electrons. The third-order valence-electron chi connectivity index (χ3n) is 4.99. The van der Waals surface area contributed by atoms with Gasteiger partial charge in [-0.15, -0.1) is 0 Å². The van der Waals surface area contributed by atoms with Crippen molar-refractivity contribution in [2.45, 2.75) is 0 Å². The maximum atomic E-state index is 6.19. The summed E-state index contributed by atoms with van der Waals surface area (Å²) in [6.07, 6.45) is 1.41. The summed E-state index contributed by atoms with van der Waals surface area (Å²) in [5, 5.41) is 0.691.